The second kappa shape index (κ2) is 15.4. The highest BCUT2D eigenvalue weighted by Gasteiger charge is 2.57. The quantitative estimate of drug-likeness (QED) is 0.149. The van der Waals surface area contributed by atoms with Crippen molar-refractivity contribution in [2.75, 3.05) is 7.11 Å². The Bertz CT molecular complexity index is 1320. The summed E-state index contributed by atoms with van der Waals surface area (Å²) < 4.78 is 29.7. The van der Waals surface area contributed by atoms with E-state index in [1.54, 1.807) is 21.0 Å². The molecule has 12 heteroatoms. The smallest absolute Gasteiger partial charge is 0.351 e. The van der Waals surface area contributed by atoms with Crippen LogP contribution in [0.25, 0.3) is 0 Å². The average Bonchev–Trinajstić information content (AvgIpc) is 3.63. The molecule has 0 saturated carbocycles. The molecule has 0 spiro atoms. The van der Waals surface area contributed by atoms with Gasteiger partial charge in [0.05, 0.1) is 48.3 Å². The molecule has 284 valence electrons. The highest BCUT2D eigenvalue weighted by atomic mass is 16.6. The number of hydrogen-bond acceptors (Lipinski definition) is 12. The van der Waals surface area contributed by atoms with E-state index < -0.39 is 94.1 Å². The van der Waals surface area contributed by atoms with E-state index in [-0.39, 0.29) is 36.5 Å². The molecule has 14 atom stereocenters. The first kappa shape index (κ1) is 40.6. The standard InChI is InChI=1S/C38H60O12/c1-11-25(31(40)21(5)33-20(4)17-19(3)27(49-33)18-26(39)30-32(41)22(6)47-35(30)43)34(42)36(9,44)28-13-15-37(12-2,50-28)29-14-16-38(45,23(7)46-10)24(8)48-29/h19-21,23-25,27-29,31,33,40-41,44-45H,6,11-18H2,1-5,7-10H3/t19-,20-,21+,23+,24+,25-,27-,28-,29-,31?,33+,36+,37-,38+/m0/s1. The number of aliphatic hydroxyl groups excluding tert-OH is 2. The SMILES string of the molecule is C=C1OC(=O)C(C(=O)C[C@@H]2O[C@@H]([C@H](C)C(O)[C@H](CC)C(=O)[C@](C)(O)[C@@H]3CC[C@@](CC)([C@@H]4CC[C@@](O)([C@@H](C)OC)[C@@H](C)O4)O3)[C@@H](C)C[C@@H]2C)=C1O. The molecule has 1 unspecified atom stereocenters. The summed E-state index contributed by atoms with van der Waals surface area (Å²) in [7, 11) is 1.56. The first-order chi connectivity index (χ1) is 23.3. The highest BCUT2D eigenvalue weighted by Crippen LogP contribution is 2.47. The molecular formula is C38H60O12. The van der Waals surface area contributed by atoms with Gasteiger partial charge in [0.25, 0.3) is 0 Å². The minimum atomic E-state index is -1.90. The number of ether oxygens (including phenoxy) is 5. The number of rotatable bonds is 14. The van der Waals surface area contributed by atoms with Crippen molar-refractivity contribution < 1.29 is 58.5 Å². The van der Waals surface area contributed by atoms with Gasteiger partial charge >= 0.3 is 5.97 Å². The lowest BCUT2D eigenvalue weighted by Gasteiger charge is -2.49. The van der Waals surface area contributed by atoms with E-state index in [1.807, 2.05) is 34.6 Å². The van der Waals surface area contributed by atoms with Crippen molar-refractivity contribution in [1.82, 2.24) is 0 Å². The second-order valence-electron chi connectivity index (χ2n) is 15.6. The molecule has 0 bridgehead atoms. The van der Waals surface area contributed by atoms with Crippen LogP contribution in [0.15, 0.2) is 23.7 Å². The van der Waals surface area contributed by atoms with Crippen LogP contribution in [-0.2, 0) is 38.1 Å². The molecule has 0 aromatic carbocycles. The van der Waals surface area contributed by atoms with Crippen LogP contribution in [0, 0.1) is 23.7 Å². The van der Waals surface area contributed by atoms with Gasteiger partial charge in [0.1, 0.15) is 16.8 Å². The lowest BCUT2D eigenvalue weighted by atomic mass is 9.73. The van der Waals surface area contributed by atoms with Crippen LogP contribution in [0.4, 0.5) is 0 Å². The van der Waals surface area contributed by atoms with E-state index in [2.05, 4.69) is 6.58 Å². The van der Waals surface area contributed by atoms with Crippen molar-refractivity contribution in [2.45, 2.75) is 166 Å². The minimum Gasteiger partial charge on any atom is -0.504 e. The summed E-state index contributed by atoms with van der Waals surface area (Å²) in [4.78, 5) is 39.4. The maximum absolute atomic E-state index is 14.2. The molecule has 3 fully saturated rings. The molecule has 0 aromatic rings. The van der Waals surface area contributed by atoms with Gasteiger partial charge in [-0.05, 0) is 77.6 Å². The van der Waals surface area contributed by atoms with E-state index in [4.69, 9.17) is 23.7 Å². The van der Waals surface area contributed by atoms with E-state index >= 15 is 0 Å². The zero-order chi connectivity index (χ0) is 37.5. The van der Waals surface area contributed by atoms with Crippen LogP contribution < -0.4 is 0 Å². The zero-order valence-electron chi connectivity index (χ0n) is 31.3. The number of carbonyl (C=O) groups is 3. The van der Waals surface area contributed by atoms with E-state index in [1.165, 1.54) is 6.92 Å². The molecule has 4 N–H and O–H groups in total. The van der Waals surface area contributed by atoms with Gasteiger partial charge in [-0.3, -0.25) is 9.59 Å². The normalized spacial score (nSPS) is 38.7. The molecule has 3 saturated heterocycles. The third kappa shape index (κ3) is 7.36. The Hall–Kier alpha value is -2.19. The summed E-state index contributed by atoms with van der Waals surface area (Å²) in [5.74, 6) is -4.47. The lowest BCUT2D eigenvalue weighted by Crippen LogP contribution is -2.60. The van der Waals surface area contributed by atoms with Crippen molar-refractivity contribution in [3.05, 3.63) is 23.7 Å². The van der Waals surface area contributed by atoms with E-state index in [0.29, 0.717) is 38.5 Å². The number of cyclic esters (lactones) is 1. The first-order valence-corrected chi connectivity index (χ1v) is 18.4. The number of ketones is 2. The largest absolute Gasteiger partial charge is 0.504 e. The van der Waals surface area contributed by atoms with Gasteiger partial charge in [-0.25, -0.2) is 4.79 Å². The van der Waals surface area contributed by atoms with Crippen LogP contribution >= 0.6 is 0 Å². The molecule has 0 amide bonds. The van der Waals surface area contributed by atoms with Gasteiger partial charge in [-0.15, -0.1) is 0 Å². The zero-order valence-corrected chi connectivity index (χ0v) is 31.3. The molecule has 12 nitrogen and oxygen atoms in total. The predicted octanol–water partition coefficient (Wildman–Crippen LogP) is 4.26. The Morgan fingerprint density at radius 1 is 1.10 bits per heavy atom. The van der Waals surface area contributed by atoms with E-state index in [0.717, 1.165) is 0 Å². The third-order valence-corrected chi connectivity index (χ3v) is 12.6. The summed E-state index contributed by atoms with van der Waals surface area (Å²) >= 11 is 0. The van der Waals surface area contributed by atoms with Gasteiger partial charge in [-0.1, -0.05) is 41.2 Å². The highest BCUT2D eigenvalue weighted by molar-refractivity contribution is 6.20. The van der Waals surface area contributed by atoms with Gasteiger partial charge in [0.15, 0.2) is 23.1 Å². The summed E-state index contributed by atoms with van der Waals surface area (Å²) in [5, 5.41) is 45.0. The van der Waals surface area contributed by atoms with Crippen molar-refractivity contribution in [2.24, 2.45) is 23.7 Å². The minimum absolute atomic E-state index is 0.0243. The Balaban J connectivity index is 1.45. The molecule has 4 rings (SSSR count). The topological polar surface area (TPSA) is 178 Å². The molecule has 4 heterocycles. The predicted molar refractivity (Wildman–Crippen MR) is 183 cm³/mol. The number of Topliss-reactive ketones (excluding diaryl/α,β-unsaturated/α-hetero) is 2. The van der Waals surface area contributed by atoms with Crippen molar-refractivity contribution in [3.8, 4) is 0 Å². The van der Waals surface area contributed by atoms with Gasteiger partial charge in [0, 0.05) is 25.4 Å². The van der Waals surface area contributed by atoms with Crippen LogP contribution in [0.2, 0.25) is 0 Å². The van der Waals surface area contributed by atoms with Crippen LogP contribution in [0.5, 0.6) is 0 Å². The maximum atomic E-state index is 14.2. The Kier molecular flexibility index (Phi) is 12.5. The van der Waals surface area contributed by atoms with Gasteiger partial charge < -0.3 is 44.1 Å². The fourth-order valence-corrected chi connectivity index (χ4v) is 8.91. The van der Waals surface area contributed by atoms with Crippen LogP contribution in [0.3, 0.4) is 0 Å². The molecule has 0 aliphatic carbocycles. The number of methoxy groups -OCH3 is 1. The average molecular weight is 709 g/mol. The molecule has 4 aliphatic heterocycles. The monoisotopic (exact) mass is 708 g/mol. The number of carbonyl (C=O) groups excluding carboxylic acids is 3. The van der Waals surface area contributed by atoms with Crippen molar-refractivity contribution >= 4 is 17.5 Å². The second-order valence-corrected chi connectivity index (χ2v) is 15.6. The Labute approximate surface area is 296 Å². The van der Waals surface area contributed by atoms with Crippen molar-refractivity contribution in [1.29, 1.82) is 0 Å². The van der Waals surface area contributed by atoms with Crippen LogP contribution in [0.1, 0.15) is 107 Å². The lowest BCUT2D eigenvalue weighted by molar-refractivity contribution is -0.255. The number of esters is 1. The summed E-state index contributed by atoms with van der Waals surface area (Å²) in [5.41, 5.74) is -4.24. The van der Waals surface area contributed by atoms with Crippen LogP contribution in [-0.4, -0.2) is 105 Å². The molecular weight excluding hydrogens is 648 g/mol. The first-order valence-electron chi connectivity index (χ1n) is 18.4. The molecule has 50 heavy (non-hydrogen) atoms. The Morgan fingerprint density at radius 2 is 1.76 bits per heavy atom. The maximum Gasteiger partial charge on any atom is 0.351 e. The van der Waals surface area contributed by atoms with Crippen molar-refractivity contribution in [3.63, 3.8) is 0 Å². The molecule has 4 aliphatic rings. The molecule has 0 aromatic heterocycles. The fraction of sp³-hybridized carbons (Fsp3) is 0.816. The summed E-state index contributed by atoms with van der Waals surface area (Å²) in [6.45, 7) is 18.1. The van der Waals surface area contributed by atoms with Gasteiger partial charge in [-0.2, -0.15) is 0 Å². The fourth-order valence-electron chi connectivity index (χ4n) is 8.91. The number of hydrogen-bond donors (Lipinski definition) is 4. The summed E-state index contributed by atoms with van der Waals surface area (Å²) in [6, 6.07) is 0. The summed E-state index contributed by atoms with van der Waals surface area (Å²) in [6.07, 6.45) is -1.08. The van der Waals surface area contributed by atoms with E-state index in [9.17, 15) is 34.8 Å². The number of aliphatic hydroxyl groups is 4. The van der Waals surface area contributed by atoms with Gasteiger partial charge in [0.2, 0.25) is 0 Å². The third-order valence-electron chi connectivity index (χ3n) is 12.6. The Morgan fingerprint density at radius 3 is 2.30 bits per heavy atom. The molecule has 0 radical (unpaired) electrons.